The highest BCUT2D eigenvalue weighted by Crippen LogP contribution is 2.44. The number of aromatic nitrogens is 5. The van der Waals surface area contributed by atoms with Crippen molar-refractivity contribution in [2.75, 3.05) is 31.6 Å². The molecule has 1 aromatic carbocycles. The van der Waals surface area contributed by atoms with E-state index in [2.05, 4.69) is 15.0 Å². The van der Waals surface area contributed by atoms with E-state index in [0.717, 1.165) is 11.4 Å². The van der Waals surface area contributed by atoms with Crippen molar-refractivity contribution in [2.45, 2.75) is 71.9 Å². The summed E-state index contributed by atoms with van der Waals surface area (Å²) in [5.41, 5.74) is 0.929. The third-order valence-corrected chi connectivity index (χ3v) is 8.66. The van der Waals surface area contributed by atoms with Gasteiger partial charge in [0.05, 0.1) is 30.5 Å². The Bertz CT molecular complexity index is 1860. The van der Waals surface area contributed by atoms with Crippen LogP contribution in [0.3, 0.4) is 0 Å². The smallest absolute Gasteiger partial charge is 0.435 e. The van der Waals surface area contributed by atoms with E-state index >= 15 is 0 Å². The zero-order valence-electron chi connectivity index (χ0n) is 28.4. The molecule has 0 saturated carbocycles. The van der Waals surface area contributed by atoms with Crippen molar-refractivity contribution in [3.05, 3.63) is 77.3 Å². The van der Waals surface area contributed by atoms with Gasteiger partial charge in [-0.25, -0.2) is 14.8 Å². The maximum absolute atomic E-state index is 14.2. The van der Waals surface area contributed by atoms with Crippen LogP contribution in [0.4, 0.5) is 23.8 Å². The number of amides is 1. The molecule has 11 nitrogen and oxygen atoms in total. The van der Waals surface area contributed by atoms with Gasteiger partial charge in [-0.15, -0.1) is 0 Å². The third kappa shape index (κ3) is 7.27. The number of ketones is 1. The molecule has 1 saturated heterocycles. The molecule has 0 aliphatic carbocycles. The molecule has 0 N–H and O–H groups in total. The number of halogens is 3. The van der Waals surface area contributed by atoms with Gasteiger partial charge in [0.15, 0.2) is 11.5 Å². The molecule has 14 heteroatoms. The van der Waals surface area contributed by atoms with Gasteiger partial charge in [0, 0.05) is 75.1 Å². The van der Waals surface area contributed by atoms with Crippen LogP contribution in [0.2, 0.25) is 0 Å². The Balaban J connectivity index is 1.26. The van der Waals surface area contributed by atoms with E-state index < -0.39 is 23.4 Å². The fourth-order valence-electron chi connectivity index (χ4n) is 6.14. The highest BCUT2D eigenvalue weighted by atomic mass is 19.4. The van der Waals surface area contributed by atoms with Crippen LogP contribution in [-0.2, 0) is 30.4 Å². The number of pyridine rings is 1. The fourth-order valence-corrected chi connectivity index (χ4v) is 6.14. The van der Waals surface area contributed by atoms with Gasteiger partial charge in [-0.1, -0.05) is 0 Å². The van der Waals surface area contributed by atoms with Crippen molar-refractivity contribution in [2.24, 2.45) is 5.92 Å². The number of nitrogens with zero attached hydrogens (tertiary/aromatic N) is 7. The first kappa shape index (κ1) is 34.0. The summed E-state index contributed by atoms with van der Waals surface area (Å²) in [6.07, 6.45) is 1.50. The monoisotopic (exact) mass is 679 g/mol. The van der Waals surface area contributed by atoms with E-state index in [1.807, 2.05) is 39.8 Å². The molecule has 1 fully saturated rings. The number of anilines is 1. The third-order valence-electron chi connectivity index (χ3n) is 8.66. The molecule has 0 unspecified atom stereocenters. The summed E-state index contributed by atoms with van der Waals surface area (Å²) in [6.45, 7) is 10.8. The van der Waals surface area contributed by atoms with Crippen LogP contribution in [-0.4, -0.2) is 79.5 Å². The van der Waals surface area contributed by atoms with E-state index in [-0.39, 0.29) is 59.9 Å². The highest BCUT2D eigenvalue weighted by Gasteiger charge is 2.40. The number of Topliss-reactive ketones (excluding diaryl/α,β-unsaturated/α-hetero) is 1. The van der Waals surface area contributed by atoms with Crippen molar-refractivity contribution in [1.82, 2.24) is 29.2 Å². The number of carbonyl (C=O) groups is 2. The van der Waals surface area contributed by atoms with Crippen molar-refractivity contribution in [3.8, 4) is 16.9 Å². The number of imidazole rings is 1. The lowest BCUT2D eigenvalue weighted by molar-refractivity contribution is -0.141. The van der Waals surface area contributed by atoms with Crippen LogP contribution < -0.4 is 9.64 Å². The van der Waals surface area contributed by atoms with E-state index in [1.165, 1.54) is 10.9 Å². The first-order valence-electron chi connectivity index (χ1n) is 16.2. The van der Waals surface area contributed by atoms with Gasteiger partial charge in [0.1, 0.15) is 17.2 Å². The molecule has 2 aliphatic rings. The minimum atomic E-state index is -4.71. The fraction of sp³-hybridized carbons (Fsp3) is 0.457. The van der Waals surface area contributed by atoms with E-state index in [4.69, 9.17) is 14.5 Å². The Morgan fingerprint density at radius 2 is 1.84 bits per heavy atom. The largest absolute Gasteiger partial charge is 0.491 e. The van der Waals surface area contributed by atoms with Gasteiger partial charge in [-0.3, -0.25) is 9.48 Å². The predicted octanol–water partition coefficient (Wildman–Crippen LogP) is 6.03. The summed E-state index contributed by atoms with van der Waals surface area (Å²) >= 11 is 0. The highest BCUT2D eigenvalue weighted by molar-refractivity contribution is 6.04. The summed E-state index contributed by atoms with van der Waals surface area (Å²) < 4.78 is 57.2. The quantitative estimate of drug-likeness (QED) is 0.222. The number of likely N-dealkylation sites (N-methyl/N-ethyl adjacent to an activating group) is 1. The summed E-state index contributed by atoms with van der Waals surface area (Å²) in [5.74, 6) is 0.0366. The minimum Gasteiger partial charge on any atom is -0.491 e. The second-order valence-electron chi connectivity index (χ2n) is 13.7. The number of aryl methyl sites for hydroxylation is 2. The van der Waals surface area contributed by atoms with Crippen LogP contribution in [0, 0.1) is 12.8 Å². The summed E-state index contributed by atoms with van der Waals surface area (Å²) in [7, 11) is 1.73. The lowest BCUT2D eigenvalue weighted by atomic mass is 9.87. The van der Waals surface area contributed by atoms with Gasteiger partial charge in [0.25, 0.3) is 0 Å². The van der Waals surface area contributed by atoms with Crippen LogP contribution >= 0.6 is 0 Å². The number of ether oxygens (including phenoxy) is 2. The Kier molecular flexibility index (Phi) is 8.92. The lowest BCUT2D eigenvalue weighted by Gasteiger charge is -2.44. The topological polar surface area (TPSA) is 108 Å². The Morgan fingerprint density at radius 1 is 1.10 bits per heavy atom. The number of fused-ring (bicyclic) bond motifs is 1. The Labute approximate surface area is 282 Å². The SMILES string of the molecule is CCn1cc(-c2cc(Cn3ccnc3)cc3c2OC[C@@H](Cc2cc(C)cc(N4CC(N(C)C(=O)OC(C)(C)C)C4)n2)C3=O)c(C(F)(F)F)n1. The molecular formula is C35H40F3N7O4. The van der Waals surface area contributed by atoms with Crippen molar-refractivity contribution in [3.63, 3.8) is 0 Å². The first-order valence-corrected chi connectivity index (χ1v) is 16.2. The number of carbonyl (C=O) groups excluding carboxylic acids is 2. The van der Waals surface area contributed by atoms with Gasteiger partial charge in [-0.2, -0.15) is 18.3 Å². The van der Waals surface area contributed by atoms with Crippen LogP contribution in [0.25, 0.3) is 11.1 Å². The Morgan fingerprint density at radius 3 is 2.49 bits per heavy atom. The molecule has 5 heterocycles. The summed E-state index contributed by atoms with van der Waals surface area (Å²) in [4.78, 5) is 39.3. The lowest BCUT2D eigenvalue weighted by Crippen LogP contribution is -2.60. The number of rotatable bonds is 8. The number of benzene rings is 1. The van der Waals surface area contributed by atoms with E-state index in [0.29, 0.717) is 30.9 Å². The zero-order valence-corrected chi connectivity index (χ0v) is 28.4. The van der Waals surface area contributed by atoms with Crippen LogP contribution in [0.1, 0.15) is 60.6 Å². The molecule has 0 bridgehead atoms. The average molecular weight is 680 g/mol. The molecule has 260 valence electrons. The maximum atomic E-state index is 14.2. The second kappa shape index (κ2) is 12.9. The van der Waals surface area contributed by atoms with E-state index in [9.17, 15) is 22.8 Å². The van der Waals surface area contributed by atoms with Gasteiger partial charge in [-0.05, 0) is 70.0 Å². The first-order chi connectivity index (χ1) is 23.1. The molecular weight excluding hydrogens is 639 g/mol. The molecule has 1 amide bonds. The van der Waals surface area contributed by atoms with E-state index in [1.54, 1.807) is 54.3 Å². The Hall–Kier alpha value is -4.88. The minimum absolute atomic E-state index is 0.0135. The average Bonchev–Trinajstić information content (AvgIpc) is 3.67. The molecule has 4 aromatic rings. The van der Waals surface area contributed by atoms with Crippen LogP contribution in [0.15, 0.2) is 49.2 Å². The molecule has 3 aromatic heterocycles. The van der Waals surface area contributed by atoms with Crippen molar-refractivity contribution in [1.29, 1.82) is 0 Å². The van der Waals surface area contributed by atoms with Gasteiger partial charge >= 0.3 is 12.3 Å². The van der Waals surface area contributed by atoms with Crippen molar-refractivity contribution < 1.29 is 32.2 Å². The molecule has 6 rings (SSSR count). The molecule has 2 aliphatic heterocycles. The van der Waals surface area contributed by atoms with Gasteiger partial charge in [0.2, 0.25) is 0 Å². The summed E-state index contributed by atoms with van der Waals surface area (Å²) in [6, 6.07) is 7.19. The van der Waals surface area contributed by atoms with Crippen LogP contribution in [0.5, 0.6) is 5.75 Å². The normalized spacial score (nSPS) is 16.6. The second-order valence-corrected chi connectivity index (χ2v) is 13.7. The molecule has 49 heavy (non-hydrogen) atoms. The molecule has 1 atom stereocenters. The molecule has 0 spiro atoms. The zero-order chi connectivity index (χ0) is 35.2. The number of alkyl halides is 3. The van der Waals surface area contributed by atoms with Gasteiger partial charge < -0.3 is 23.8 Å². The maximum Gasteiger partial charge on any atom is 0.435 e. The standard InChI is InChI=1S/C35H40F3N7O4/c1-7-45-18-28(32(41-45)35(36,37)38)26-12-22(15-43-9-8-39-20-43)13-27-30(46)23(19-48-31(26)27)14-24-10-21(2)11-29(40-24)44-16-25(17-44)42(6)33(47)49-34(3,4)5/h8-13,18,20,23,25H,7,14-17,19H2,1-6H3/t23-/m1/s1. The summed E-state index contributed by atoms with van der Waals surface area (Å²) in [5, 5.41) is 3.80. The molecule has 0 radical (unpaired) electrons. The number of hydrogen-bond donors (Lipinski definition) is 0. The van der Waals surface area contributed by atoms with Crippen molar-refractivity contribution >= 4 is 17.7 Å². The predicted molar refractivity (Wildman–Crippen MR) is 176 cm³/mol. The number of hydrogen-bond acceptors (Lipinski definition) is 8.